The normalized spacial score (nSPS) is 12.5. The average molecular weight is 291 g/mol. The van der Waals surface area contributed by atoms with Crippen molar-refractivity contribution >= 4 is 15.9 Å². The van der Waals surface area contributed by atoms with Gasteiger partial charge in [0, 0.05) is 4.47 Å². The Kier molecular flexibility index (Phi) is 5.09. The van der Waals surface area contributed by atoms with Crippen molar-refractivity contribution in [1.29, 1.82) is 0 Å². The van der Waals surface area contributed by atoms with Gasteiger partial charge in [-0.3, -0.25) is 0 Å². The molecule has 1 rings (SSSR count). The lowest BCUT2D eigenvalue weighted by molar-refractivity contribution is 0.155. The average Bonchev–Trinajstić information content (AvgIpc) is 2.16. The Morgan fingerprint density at radius 1 is 1.38 bits per heavy atom. The monoisotopic (exact) mass is 290 g/mol. The van der Waals surface area contributed by atoms with Crippen LogP contribution < -0.4 is 0 Å². The van der Waals surface area contributed by atoms with Crippen LogP contribution in [0.25, 0.3) is 0 Å². The fourth-order valence-corrected chi connectivity index (χ4v) is 1.87. The van der Waals surface area contributed by atoms with Gasteiger partial charge in [-0.05, 0) is 31.4 Å². The molecule has 1 aromatic carbocycles. The summed E-state index contributed by atoms with van der Waals surface area (Å²) in [7, 11) is 0. The minimum Gasteiger partial charge on any atom is -0.388 e. The van der Waals surface area contributed by atoms with Crippen LogP contribution in [0.3, 0.4) is 0 Å². The van der Waals surface area contributed by atoms with Gasteiger partial charge >= 0.3 is 0 Å². The molecule has 0 saturated carbocycles. The van der Waals surface area contributed by atoms with E-state index in [1.165, 1.54) is 0 Å². The van der Waals surface area contributed by atoms with E-state index in [0.29, 0.717) is 17.3 Å². The molecule has 1 nitrogen and oxygen atoms in total. The quantitative estimate of drug-likeness (QED) is 0.639. The fraction of sp³-hybridized carbons (Fsp3) is 0.333. The Balaban J connectivity index is 2.82. The number of aliphatic hydroxyl groups is 1. The van der Waals surface area contributed by atoms with Crippen LogP contribution in [0.1, 0.15) is 30.9 Å². The Morgan fingerprint density at radius 3 is 2.44 bits per heavy atom. The molecule has 0 aromatic heterocycles. The van der Waals surface area contributed by atoms with Gasteiger partial charge in [0.15, 0.2) is 0 Å². The molecule has 1 N–H and O–H groups in total. The van der Waals surface area contributed by atoms with Crippen LogP contribution in [0.2, 0.25) is 0 Å². The molecular weight excluding hydrogens is 278 g/mol. The summed E-state index contributed by atoms with van der Waals surface area (Å²) in [4.78, 5) is 0. The second kappa shape index (κ2) is 6.11. The molecule has 1 atom stereocenters. The SMILES string of the molecule is C=CCCCC(O)c1c(F)cc(Br)cc1F. The van der Waals surface area contributed by atoms with E-state index >= 15 is 0 Å². The summed E-state index contributed by atoms with van der Waals surface area (Å²) in [5.41, 5.74) is -0.257. The Morgan fingerprint density at radius 2 is 1.94 bits per heavy atom. The van der Waals surface area contributed by atoms with Crippen LogP contribution in [0.15, 0.2) is 29.3 Å². The first kappa shape index (κ1) is 13.3. The highest BCUT2D eigenvalue weighted by atomic mass is 79.9. The highest BCUT2D eigenvalue weighted by molar-refractivity contribution is 9.10. The third kappa shape index (κ3) is 3.39. The molecule has 0 amide bonds. The maximum Gasteiger partial charge on any atom is 0.133 e. The minimum absolute atomic E-state index is 0.257. The molecule has 0 aliphatic carbocycles. The van der Waals surface area contributed by atoms with Crippen molar-refractivity contribution in [1.82, 2.24) is 0 Å². The predicted octanol–water partition coefficient (Wildman–Crippen LogP) is 4.12. The first-order valence-corrected chi connectivity index (χ1v) is 5.79. The van der Waals surface area contributed by atoms with E-state index in [2.05, 4.69) is 22.5 Å². The van der Waals surface area contributed by atoms with E-state index in [-0.39, 0.29) is 5.56 Å². The minimum atomic E-state index is -1.10. The van der Waals surface area contributed by atoms with Crippen LogP contribution in [-0.2, 0) is 0 Å². The maximum atomic E-state index is 13.4. The van der Waals surface area contributed by atoms with Gasteiger partial charge in [0.05, 0.1) is 11.7 Å². The zero-order valence-electron chi connectivity index (χ0n) is 8.72. The zero-order chi connectivity index (χ0) is 12.1. The molecule has 1 aromatic rings. The van der Waals surface area contributed by atoms with Crippen molar-refractivity contribution in [2.75, 3.05) is 0 Å². The number of hydrogen-bond donors (Lipinski definition) is 1. The van der Waals surface area contributed by atoms with Gasteiger partial charge in [-0.1, -0.05) is 22.0 Å². The van der Waals surface area contributed by atoms with Gasteiger partial charge in [0.1, 0.15) is 11.6 Å². The van der Waals surface area contributed by atoms with E-state index in [9.17, 15) is 13.9 Å². The van der Waals surface area contributed by atoms with Gasteiger partial charge in [0.2, 0.25) is 0 Å². The van der Waals surface area contributed by atoms with Gasteiger partial charge in [-0.2, -0.15) is 0 Å². The summed E-state index contributed by atoms with van der Waals surface area (Å²) in [6.07, 6.45) is 2.30. The fourth-order valence-electron chi connectivity index (χ4n) is 1.47. The van der Waals surface area contributed by atoms with E-state index in [1.807, 2.05) is 0 Å². The molecule has 1 unspecified atom stereocenters. The number of unbranched alkanes of at least 4 members (excludes halogenated alkanes) is 1. The lowest BCUT2D eigenvalue weighted by Gasteiger charge is -2.12. The van der Waals surface area contributed by atoms with Gasteiger partial charge in [0.25, 0.3) is 0 Å². The standard InChI is InChI=1S/C12H13BrF2O/c1-2-3-4-5-11(16)12-9(14)6-8(13)7-10(12)15/h2,6-7,11,16H,1,3-5H2. The van der Waals surface area contributed by atoms with Crippen molar-refractivity contribution in [3.63, 3.8) is 0 Å². The summed E-state index contributed by atoms with van der Waals surface area (Å²) in [6.45, 7) is 3.54. The lowest BCUT2D eigenvalue weighted by Crippen LogP contribution is -2.04. The third-order valence-corrected chi connectivity index (χ3v) is 2.72. The lowest BCUT2D eigenvalue weighted by atomic mass is 10.0. The van der Waals surface area contributed by atoms with E-state index in [1.54, 1.807) is 6.08 Å². The smallest absolute Gasteiger partial charge is 0.133 e. The molecule has 0 radical (unpaired) electrons. The maximum absolute atomic E-state index is 13.4. The highest BCUT2D eigenvalue weighted by Crippen LogP contribution is 2.27. The Hall–Kier alpha value is -0.740. The van der Waals surface area contributed by atoms with Crippen LogP contribution in [0, 0.1) is 11.6 Å². The molecular formula is C12H13BrF2O. The molecule has 0 aliphatic rings. The number of allylic oxidation sites excluding steroid dienone is 1. The number of hydrogen-bond acceptors (Lipinski definition) is 1. The molecule has 0 heterocycles. The molecule has 0 fully saturated rings. The summed E-state index contributed by atoms with van der Waals surface area (Å²) in [6, 6.07) is 2.30. The largest absolute Gasteiger partial charge is 0.388 e. The number of halogens is 3. The number of benzene rings is 1. The van der Waals surface area contributed by atoms with Crippen LogP contribution >= 0.6 is 15.9 Å². The summed E-state index contributed by atoms with van der Waals surface area (Å²) in [5.74, 6) is -1.45. The third-order valence-electron chi connectivity index (χ3n) is 2.26. The van der Waals surface area contributed by atoms with Crippen LogP contribution in [0.5, 0.6) is 0 Å². The molecule has 0 aliphatic heterocycles. The number of rotatable bonds is 5. The van der Waals surface area contributed by atoms with Gasteiger partial charge < -0.3 is 5.11 Å². The molecule has 88 valence electrons. The van der Waals surface area contributed by atoms with Crippen LogP contribution in [0.4, 0.5) is 8.78 Å². The van der Waals surface area contributed by atoms with Gasteiger partial charge in [-0.25, -0.2) is 8.78 Å². The first-order valence-electron chi connectivity index (χ1n) is 4.99. The molecule has 0 saturated heterocycles. The molecule has 0 spiro atoms. The topological polar surface area (TPSA) is 20.2 Å². The van der Waals surface area contributed by atoms with E-state index in [0.717, 1.165) is 18.6 Å². The van der Waals surface area contributed by atoms with Crippen molar-refractivity contribution in [2.45, 2.75) is 25.4 Å². The van der Waals surface area contributed by atoms with E-state index < -0.39 is 17.7 Å². The summed E-state index contributed by atoms with van der Waals surface area (Å²) in [5, 5.41) is 9.67. The van der Waals surface area contributed by atoms with E-state index in [4.69, 9.17) is 0 Å². The Labute approximate surface area is 102 Å². The predicted molar refractivity (Wildman–Crippen MR) is 63.1 cm³/mol. The van der Waals surface area contributed by atoms with Gasteiger partial charge in [-0.15, -0.1) is 6.58 Å². The van der Waals surface area contributed by atoms with Crippen molar-refractivity contribution in [3.05, 3.63) is 46.5 Å². The second-order valence-electron chi connectivity index (χ2n) is 3.52. The zero-order valence-corrected chi connectivity index (χ0v) is 10.3. The summed E-state index contributed by atoms with van der Waals surface area (Å²) >= 11 is 2.99. The van der Waals surface area contributed by atoms with Crippen molar-refractivity contribution in [2.24, 2.45) is 0 Å². The van der Waals surface area contributed by atoms with Crippen molar-refractivity contribution < 1.29 is 13.9 Å². The Bertz CT molecular complexity index is 356. The molecule has 0 bridgehead atoms. The second-order valence-corrected chi connectivity index (χ2v) is 4.43. The highest BCUT2D eigenvalue weighted by Gasteiger charge is 2.18. The summed E-state index contributed by atoms with van der Waals surface area (Å²) < 4.78 is 27.2. The van der Waals surface area contributed by atoms with Crippen LogP contribution in [-0.4, -0.2) is 5.11 Å². The first-order chi connectivity index (χ1) is 7.56. The molecule has 16 heavy (non-hydrogen) atoms. The van der Waals surface area contributed by atoms with Crippen molar-refractivity contribution in [3.8, 4) is 0 Å². The number of aliphatic hydroxyl groups excluding tert-OH is 1. The molecule has 4 heteroatoms.